The van der Waals surface area contributed by atoms with E-state index in [1.165, 1.54) is 5.57 Å². The molecule has 1 aliphatic rings. The van der Waals surface area contributed by atoms with Crippen molar-refractivity contribution in [1.82, 2.24) is 9.97 Å². The monoisotopic (exact) mass is 232 g/mol. The van der Waals surface area contributed by atoms with Crippen LogP contribution >= 0.6 is 0 Å². The lowest BCUT2D eigenvalue weighted by Crippen LogP contribution is -2.27. The third kappa shape index (κ3) is 4.94. The van der Waals surface area contributed by atoms with Crippen molar-refractivity contribution >= 4 is 12.2 Å². The summed E-state index contributed by atoms with van der Waals surface area (Å²) >= 11 is 0. The van der Waals surface area contributed by atoms with Gasteiger partial charge in [0.15, 0.2) is 0 Å². The van der Waals surface area contributed by atoms with Gasteiger partial charge in [0.2, 0.25) is 0 Å². The average molecular weight is 232 g/mol. The maximum atomic E-state index is 4.21. The molecular weight excluding hydrogens is 208 g/mol. The van der Waals surface area contributed by atoms with E-state index in [1.807, 2.05) is 33.9 Å². The molecule has 0 spiro atoms. The quantitative estimate of drug-likeness (QED) is 0.744. The summed E-state index contributed by atoms with van der Waals surface area (Å²) in [5, 5.41) is 2.17. The highest BCUT2D eigenvalue weighted by Crippen LogP contribution is 2.07. The van der Waals surface area contributed by atoms with Gasteiger partial charge in [-0.2, -0.15) is 0 Å². The van der Waals surface area contributed by atoms with Crippen LogP contribution in [0, 0.1) is 0 Å². The van der Waals surface area contributed by atoms with Crippen molar-refractivity contribution in [2.45, 2.75) is 47.5 Å². The molecule has 0 amide bonds. The van der Waals surface area contributed by atoms with Gasteiger partial charge in [-0.1, -0.05) is 52.3 Å². The van der Waals surface area contributed by atoms with Crippen LogP contribution in [-0.4, -0.2) is 9.97 Å². The van der Waals surface area contributed by atoms with Gasteiger partial charge >= 0.3 is 0 Å². The molecule has 17 heavy (non-hydrogen) atoms. The molecule has 1 heterocycles. The highest BCUT2D eigenvalue weighted by atomic mass is 14.8. The maximum Gasteiger partial charge on any atom is 0.116 e. The molecular formula is C15H24N2. The zero-order valence-electron chi connectivity index (χ0n) is 11.7. The first-order valence-corrected chi connectivity index (χ1v) is 6.56. The molecule has 0 atom stereocenters. The molecule has 0 radical (unpaired) electrons. The lowest BCUT2D eigenvalue weighted by atomic mass is 10.1. The molecule has 0 aliphatic heterocycles. The van der Waals surface area contributed by atoms with E-state index in [9.17, 15) is 0 Å². The summed E-state index contributed by atoms with van der Waals surface area (Å²) in [6.45, 7) is 10.2. The lowest BCUT2D eigenvalue weighted by molar-refractivity contribution is 1.05. The van der Waals surface area contributed by atoms with Crippen LogP contribution in [-0.2, 0) is 0 Å². The smallest absolute Gasteiger partial charge is 0.116 e. The van der Waals surface area contributed by atoms with Gasteiger partial charge in [0.25, 0.3) is 0 Å². The molecule has 1 aromatic rings. The summed E-state index contributed by atoms with van der Waals surface area (Å²) in [6.07, 6.45) is 12.0. The largest absolute Gasteiger partial charge is 0.244 e. The van der Waals surface area contributed by atoms with Crippen LogP contribution in [0.1, 0.15) is 47.5 Å². The van der Waals surface area contributed by atoms with Gasteiger partial charge in [-0.15, -0.1) is 0 Å². The summed E-state index contributed by atoms with van der Waals surface area (Å²) in [6, 6.07) is 0. The van der Waals surface area contributed by atoms with Crippen LogP contribution < -0.4 is 10.6 Å². The zero-order valence-corrected chi connectivity index (χ0v) is 11.7. The molecule has 1 aromatic heterocycles. The van der Waals surface area contributed by atoms with Gasteiger partial charge in [0, 0.05) is 11.4 Å². The summed E-state index contributed by atoms with van der Waals surface area (Å²) < 4.78 is 0. The Morgan fingerprint density at radius 3 is 2.47 bits per heavy atom. The Balaban J connectivity index is 0.000000581. The van der Waals surface area contributed by atoms with Gasteiger partial charge in [-0.25, -0.2) is 9.97 Å². The van der Waals surface area contributed by atoms with Crippen LogP contribution in [0.25, 0.3) is 12.2 Å². The minimum atomic E-state index is 1.02. The summed E-state index contributed by atoms with van der Waals surface area (Å²) in [4.78, 5) is 8.21. The molecule has 0 bridgehead atoms. The van der Waals surface area contributed by atoms with E-state index in [1.54, 1.807) is 6.33 Å². The first kappa shape index (κ1) is 15.6. The molecule has 0 aromatic carbocycles. The number of nitrogens with zero attached hydrogens (tertiary/aromatic N) is 2. The number of fused-ring (bicyclic) bond motifs is 1. The van der Waals surface area contributed by atoms with Crippen molar-refractivity contribution in [2.75, 3.05) is 0 Å². The average Bonchev–Trinajstić information content (AvgIpc) is 2.65. The second-order valence-electron chi connectivity index (χ2n) is 3.12. The fourth-order valence-corrected chi connectivity index (χ4v) is 1.41. The van der Waals surface area contributed by atoms with Crippen molar-refractivity contribution in [1.29, 1.82) is 0 Å². The number of hydrogen-bond acceptors (Lipinski definition) is 2. The van der Waals surface area contributed by atoms with E-state index >= 15 is 0 Å². The van der Waals surface area contributed by atoms with Crippen LogP contribution in [0.4, 0.5) is 0 Å². The fourth-order valence-electron chi connectivity index (χ4n) is 1.41. The topological polar surface area (TPSA) is 25.8 Å². The van der Waals surface area contributed by atoms with E-state index in [0.29, 0.717) is 0 Å². The van der Waals surface area contributed by atoms with Crippen molar-refractivity contribution in [3.8, 4) is 0 Å². The van der Waals surface area contributed by atoms with E-state index in [2.05, 4.69) is 35.1 Å². The van der Waals surface area contributed by atoms with Crippen molar-refractivity contribution < 1.29 is 0 Å². The molecule has 0 unspecified atom stereocenters. The van der Waals surface area contributed by atoms with Crippen LogP contribution in [0.5, 0.6) is 0 Å². The molecule has 0 N–H and O–H groups in total. The Hall–Kier alpha value is -1.44. The Kier molecular flexibility index (Phi) is 8.94. The SMILES string of the molecule is CC.CC.CCC1=CC=c2ncncc2=CC1. The highest BCUT2D eigenvalue weighted by molar-refractivity contribution is 5.45. The van der Waals surface area contributed by atoms with Crippen molar-refractivity contribution in [3.63, 3.8) is 0 Å². The Labute approximate surface area is 105 Å². The Bertz CT molecular complexity index is 444. The highest BCUT2D eigenvalue weighted by Gasteiger charge is 1.95. The van der Waals surface area contributed by atoms with Gasteiger partial charge in [0.05, 0.1) is 5.35 Å². The lowest BCUT2D eigenvalue weighted by Gasteiger charge is -1.94. The molecule has 94 valence electrons. The minimum absolute atomic E-state index is 1.02. The van der Waals surface area contributed by atoms with Crippen LogP contribution in [0.3, 0.4) is 0 Å². The predicted octanol–water partition coefficient (Wildman–Crippen LogP) is 2.83. The predicted molar refractivity (Wildman–Crippen MR) is 75.9 cm³/mol. The van der Waals surface area contributed by atoms with Crippen molar-refractivity contribution in [3.05, 3.63) is 34.7 Å². The molecule has 0 saturated carbocycles. The summed E-state index contributed by atoms with van der Waals surface area (Å²) in [5.74, 6) is 0. The van der Waals surface area contributed by atoms with Crippen LogP contribution in [0.2, 0.25) is 0 Å². The Morgan fingerprint density at radius 1 is 1.12 bits per heavy atom. The van der Waals surface area contributed by atoms with Gasteiger partial charge in [0.1, 0.15) is 6.33 Å². The normalized spacial score (nSPS) is 11.9. The molecule has 2 heteroatoms. The molecule has 0 fully saturated rings. The van der Waals surface area contributed by atoms with E-state index in [-0.39, 0.29) is 0 Å². The van der Waals surface area contributed by atoms with Gasteiger partial charge in [-0.05, 0) is 18.9 Å². The van der Waals surface area contributed by atoms with E-state index in [4.69, 9.17) is 0 Å². The number of allylic oxidation sites excluding steroid dienone is 2. The van der Waals surface area contributed by atoms with E-state index in [0.717, 1.165) is 23.4 Å². The number of hydrogen-bond donors (Lipinski definition) is 0. The third-order valence-electron chi connectivity index (χ3n) is 2.29. The molecule has 2 rings (SSSR count). The minimum Gasteiger partial charge on any atom is -0.244 e. The fraction of sp³-hybridized carbons (Fsp3) is 0.467. The first-order chi connectivity index (χ1) is 8.40. The zero-order chi connectivity index (χ0) is 13.1. The molecule has 0 saturated heterocycles. The van der Waals surface area contributed by atoms with Crippen LogP contribution in [0.15, 0.2) is 24.2 Å². The van der Waals surface area contributed by atoms with Crippen molar-refractivity contribution in [2.24, 2.45) is 0 Å². The molecule has 1 aliphatic carbocycles. The van der Waals surface area contributed by atoms with Gasteiger partial charge < -0.3 is 0 Å². The second-order valence-corrected chi connectivity index (χ2v) is 3.12. The van der Waals surface area contributed by atoms with Gasteiger partial charge in [-0.3, -0.25) is 0 Å². The second kappa shape index (κ2) is 9.76. The number of rotatable bonds is 1. The maximum absolute atomic E-state index is 4.21. The number of aromatic nitrogens is 2. The Morgan fingerprint density at radius 2 is 1.82 bits per heavy atom. The first-order valence-electron chi connectivity index (χ1n) is 6.56. The molecule has 2 nitrogen and oxygen atoms in total. The third-order valence-corrected chi connectivity index (χ3v) is 2.29. The summed E-state index contributed by atoms with van der Waals surface area (Å²) in [5.41, 5.74) is 1.44. The summed E-state index contributed by atoms with van der Waals surface area (Å²) in [7, 11) is 0. The standard InChI is InChI=1S/C11H12N2.2C2H6/c1-2-9-3-5-10-7-12-8-13-11(10)6-4-9;2*1-2/h4-8H,2-3H2,1H3;2*1-2H3. The van der Waals surface area contributed by atoms with E-state index < -0.39 is 0 Å².